The number of ketones is 1. The number of anilines is 2. The fraction of sp³-hybridized carbons (Fsp3) is 0.227. The summed E-state index contributed by atoms with van der Waals surface area (Å²) in [4.78, 5) is 42.1. The second kappa shape index (κ2) is 5.86. The van der Waals surface area contributed by atoms with Gasteiger partial charge >= 0.3 is 0 Å². The van der Waals surface area contributed by atoms with Crippen LogP contribution in [0.3, 0.4) is 0 Å². The van der Waals surface area contributed by atoms with Gasteiger partial charge in [0.15, 0.2) is 5.78 Å². The summed E-state index contributed by atoms with van der Waals surface area (Å²) in [7, 11) is 0. The quantitative estimate of drug-likeness (QED) is 0.757. The van der Waals surface area contributed by atoms with E-state index in [-0.39, 0.29) is 17.7 Å². The zero-order valence-corrected chi connectivity index (χ0v) is 15.1. The number of hydrogen-bond acceptors (Lipinski definition) is 4. The summed E-state index contributed by atoms with van der Waals surface area (Å²) in [5.74, 6) is -2.73. The molecular formula is C22H17FN2O3. The number of imide groups is 1. The van der Waals surface area contributed by atoms with Crippen LogP contribution in [0.1, 0.15) is 12.5 Å². The molecule has 0 radical (unpaired) electrons. The molecular weight excluding hydrogens is 359 g/mol. The van der Waals surface area contributed by atoms with E-state index in [9.17, 15) is 18.8 Å². The third kappa shape index (κ3) is 2.14. The molecule has 2 aromatic carbocycles. The maximum absolute atomic E-state index is 13.3. The van der Waals surface area contributed by atoms with Crippen molar-refractivity contribution < 1.29 is 18.8 Å². The van der Waals surface area contributed by atoms with Gasteiger partial charge in [0, 0.05) is 5.69 Å². The van der Waals surface area contributed by atoms with Crippen LogP contribution >= 0.6 is 0 Å². The van der Waals surface area contributed by atoms with E-state index in [1.807, 2.05) is 41.3 Å². The average Bonchev–Trinajstić information content (AvgIpc) is 3.16. The lowest BCUT2D eigenvalue weighted by Gasteiger charge is -2.36. The van der Waals surface area contributed by atoms with Crippen molar-refractivity contribution >= 4 is 35.0 Å². The van der Waals surface area contributed by atoms with E-state index in [4.69, 9.17) is 0 Å². The van der Waals surface area contributed by atoms with Gasteiger partial charge in [-0.2, -0.15) is 0 Å². The van der Waals surface area contributed by atoms with Crippen LogP contribution in [-0.4, -0.2) is 29.7 Å². The molecule has 0 unspecified atom stereocenters. The molecule has 3 aliphatic heterocycles. The Morgan fingerprint density at radius 3 is 2.36 bits per heavy atom. The molecule has 0 N–H and O–H groups in total. The largest absolute Gasteiger partial charge is 0.353 e. The molecule has 0 aliphatic carbocycles. The van der Waals surface area contributed by atoms with E-state index in [1.54, 1.807) is 0 Å². The van der Waals surface area contributed by atoms with Gasteiger partial charge in [-0.25, -0.2) is 9.29 Å². The molecule has 2 aromatic rings. The minimum Gasteiger partial charge on any atom is -0.353 e. The summed E-state index contributed by atoms with van der Waals surface area (Å²) in [6.45, 7) is 1.46. The molecule has 6 heteroatoms. The number of Topliss-reactive ketones (excluding diaryl/α,β-unsaturated/α-hetero) is 1. The van der Waals surface area contributed by atoms with Crippen molar-refractivity contribution in [1.29, 1.82) is 0 Å². The first kappa shape index (κ1) is 16.9. The van der Waals surface area contributed by atoms with Crippen LogP contribution in [0.4, 0.5) is 15.8 Å². The molecule has 4 atom stereocenters. The fourth-order valence-corrected chi connectivity index (χ4v) is 4.82. The third-order valence-electron chi connectivity index (χ3n) is 5.92. The molecule has 0 bridgehead atoms. The van der Waals surface area contributed by atoms with Gasteiger partial charge in [-0.15, -0.1) is 0 Å². The summed E-state index contributed by atoms with van der Waals surface area (Å²) in [6.07, 6.45) is 3.84. The Hall–Kier alpha value is -3.28. The SMILES string of the molecule is CC(=O)[C@@H]1[C@H]2C(=O)N(c3ccc(F)cc3)C(=O)[C@H]2[C@@H]2C=Cc3ccccc3N12. The fourth-order valence-electron chi connectivity index (χ4n) is 4.82. The lowest BCUT2D eigenvalue weighted by Crippen LogP contribution is -2.48. The maximum atomic E-state index is 13.3. The Kier molecular flexibility index (Phi) is 3.53. The van der Waals surface area contributed by atoms with Crippen molar-refractivity contribution in [3.05, 3.63) is 66.0 Å². The van der Waals surface area contributed by atoms with E-state index in [0.29, 0.717) is 5.69 Å². The summed E-state index contributed by atoms with van der Waals surface area (Å²) >= 11 is 0. The van der Waals surface area contributed by atoms with Crippen LogP contribution in [0.25, 0.3) is 6.08 Å². The predicted molar refractivity (Wildman–Crippen MR) is 102 cm³/mol. The second-order valence-electron chi connectivity index (χ2n) is 7.41. The van der Waals surface area contributed by atoms with Crippen LogP contribution < -0.4 is 9.80 Å². The van der Waals surface area contributed by atoms with Gasteiger partial charge in [-0.05, 0) is 42.8 Å². The van der Waals surface area contributed by atoms with Crippen LogP contribution in [0.2, 0.25) is 0 Å². The smallest absolute Gasteiger partial charge is 0.240 e. The molecule has 140 valence electrons. The van der Waals surface area contributed by atoms with Crippen molar-refractivity contribution in [2.24, 2.45) is 11.8 Å². The number of para-hydroxylation sites is 1. The molecule has 2 amide bonds. The number of nitrogens with zero attached hydrogens (tertiary/aromatic N) is 2. The first-order chi connectivity index (χ1) is 13.5. The highest BCUT2D eigenvalue weighted by Gasteiger charge is 2.63. The van der Waals surface area contributed by atoms with E-state index in [1.165, 1.54) is 31.2 Å². The predicted octanol–water partition coefficient (Wildman–Crippen LogP) is 2.80. The van der Waals surface area contributed by atoms with Gasteiger partial charge in [0.1, 0.15) is 11.9 Å². The Bertz CT molecular complexity index is 1050. The molecule has 2 fully saturated rings. The first-order valence-electron chi connectivity index (χ1n) is 9.18. The highest BCUT2D eigenvalue weighted by Crippen LogP contribution is 2.49. The van der Waals surface area contributed by atoms with Crippen LogP contribution in [0.15, 0.2) is 54.6 Å². The lowest BCUT2D eigenvalue weighted by atomic mass is 9.88. The zero-order valence-electron chi connectivity index (χ0n) is 15.1. The highest BCUT2D eigenvalue weighted by atomic mass is 19.1. The molecule has 0 spiro atoms. The van der Waals surface area contributed by atoms with Crippen molar-refractivity contribution in [2.45, 2.75) is 19.0 Å². The molecule has 3 heterocycles. The van der Waals surface area contributed by atoms with Crippen LogP contribution in [0.5, 0.6) is 0 Å². The Morgan fingerprint density at radius 1 is 0.964 bits per heavy atom. The summed E-state index contributed by atoms with van der Waals surface area (Å²) in [5, 5.41) is 0. The monoisotopic (exact) mass is 376 g/mol. The number of fused-ring (bicyclic) bond motifs is 5. The van der Waals surface area contributed by atoms with E-state index in [2.05, 4.69) is 0 Å². The number of benzene rings is 2. The Balaban J connectivity index is 1.62. The summed E-state index contributed by atoms with van der Waals surface area (Å²) in [6, 6.07) is 11.9. The van der Waals surface area contributed by atoms with E-state index in [0.717, 1.165) is 16.2 Å². The maximum Gasteiger partial charge on any atom is 0.240 e. The standard InChI is InChI=1S/C22H17FN2O3/c1-12(26)20-19-18(17-11-6-13-4-2-3-5-16(13)25(17)20)21(27)24(22(19)28)15-9-7-14(23)8-10-15/h2-11,17-20H,1H3/t17-,18-,19-,20+/m0/s1. The van der Waals surface area contributed by atoms with Crippen molar-refractivity contribution in [2.75, 3.05) is 9.80 Å². The number of amides is 2. The molecule has 5 rings (SSSR count). The highest BCUT2D eigenvalue weighted by molar-refractivity contribution is 6.24. The zero-order chi connectivity index (χ0) is 19.6. The topological polar surface area (TPSA) is 57.7 Å². The number of halogens is 1. The van der Waals surface area contributed by atoms with Gasteiger partial charge in [0.2, 0.25) is 11.8 Å². The second-order valence-corrected chi connectivity index (χ2v) is 7.41. The van der Waals surface area contributed by atoms with E-state index < -0.39 is 29.6 Å². The molecule has 28 heavy (non-hydrogen) atoms. The van der Waals surface area contributed by atoms with Gasteiger partial charge in [0.25, 0.3) is 0 Å². The Labute approximate surface area is 161 Å². The number of rotatable bonds is 2. The van der Waals surface area contributed by atoms with Crippen LogP contribution in [0, 0.1) is 17.7 Å². The number of carbonyl (C=O) groups is 3. The minimum absolute atomic E-state index is 0.148. The van der Waals surface area contributed by atoms with Crippen molar-refractivity contribution in [1.82, 2.24) is 0 Å². The molecule has 3 aliphatic rings. The van der Waals surface area contributed by atoms with Gasteiger partial charge in [-0.3, -0.25) is 14.4 Å². The van der Waals surface area contributed by atoms with Gasteiger partial charge in [-0.1, -0.05) is 30.4 Å². The molecule has 0 aromatic heterocycles. The van der Waals surface area contributed by atoms with Gasteiger partial charge in [0.05, 0.1) is 23.6 Å². The van der Waals surface area contributed by atoms with Crippen LogP contribution in [-0.2, 0) is 14.4 Å². The van der Waals surface area contributed by atoms with Crippen molar-refractivity contribution in [3.63, 3.8) is 0 Å². The summed E-state index contributed by atoms with van der Waals surface area (Å²) < 4.78 is 13.3. The van der Waals surface area contributed by atoms with E-state index >= 15 is 0 Å². The third-order valence-corrected chi connectivity index (χ3v) is 5.92. The minimum atomic E-state index is -0.754. The number of hydrogen-bond donors (Lipinski definition) is 0. The molecule has 2 saturated heterocycles. The Morgan fingerprint density at radius 2 is 1.64 bits per heavy atom. The summed E-state index contributed by atoms with van der Waals surface area (Å²) in [5.41, 5.74) is 2.15. The van der Waals surface area contributed by atoms with Crippen molar-refractivity contribution in [3.8, 4) is 0 Å². The normalized spacial score (nSPS) is 27.6. The number of carbonyl (C=O) groups excluding carboxylic acids is 3. The molecule has 0 saturated carbocycles. The lowest BCUT2D eigenvalue weighted by molar-refractivity contribution is -0.126. The molecule has 5 nitrogen and oxygen atoms in total. The average molecular weight is 376 g/mol. The first-order valence-corrected chi connectivity index (χ1v) is 9.18. The van der Waals surface area contributed by atoms with Gasteiger partial charge < -0.3 is 4.90 Å².